The average Bonchev–Trinajstić information content (AvgIpc) is 2.65. The number of carboxylic acids is 2. The third-order valence-electron chi connectivity index (χ3n) is 5.67. The van der Waals surface area contributed by atoms with Crippen LogP contribution in [-0.4, -0.2) is 44.6 Å². The molecular formula is C20H36O4S2Sn. The molecule has 0 aromatic rings. The second-order valence-electron chi connectivity index (χ2n) is 7.70. The first kappa shape index (κ1) is 27.4. The summed E-state index contributed by atoms with van der Waals surface area (Å²) in [6, 6.07) is 0. The fourth-order valence-electron chi connectivity index (χ4n) is 4.00. The number of aliphatic carboxylic acids is 2. The number of hydrogen-bond acceptors (Lipinski definition) is 6. The van der Waals surface area contributed by atoms with Crippen molar-refractivity contribution in [1.82, 2.24) is 0 Å². The van der Waals surface area contributed by atoms with Crippen molar-refractivity contribution in [1.29, 1.82) is 0 Å². The zero-order chi connectivity index (χ0) is 20.8. The summed E-state index contributed by atoms with van der Waals surface area (Å²) in [7, 11) is 0. The summed E-state index contributed by atoms with van der Waals surface area (Å²) in [6.07, 6.45) is 10.9. The Bertz CT molecular complexity index is 371. The molecule has 0 aliphatic heterocycles. The van der Waals surface area contributed by atoms with Gasteiger partial charge >= 0.3 is 31.0 Å². The van der Waals surface area contributed by atoms with Crippen LogP contribution in [0.3, 0.4) is 0 Å². The molecule has 27 heavy (non-hydrogen) atoms. The molecule has 2 fully saturated rings. The summed E-state index contributed by atoms with van der Waals surface area (Å²) in [4.78, 5) is 26.4. The van der Waals surface area contributed by atoms with Gasteiger partial charge in [-0.1, -0.05) is 38.5 Å². The van der Waals surface area contributed by atoms with Crippen molar-refractivity contribution in [3.05, 3.63) is 0 Å². The van der Waals surface area contributed by atoms with Gasteiger partial charge < -0.3 is 19.8 Å². The molecule has 0 saturated heterocycles. The quantitative estimate of drug-likeness (QED) is 0.415. The molecule has 0 heterocycles. The van der Waals surface area contributed by atoms with Gasteiger partial charge in [-0.25, -0.2) is 0 Å². The zero-order valence-electron chi connectivity index (χ0n) is 16.9. The molecule has 7 heteroatoms. The Morgan fingerprint density at radius 3 is 1.19 bits per heavy atom. The van der Waals surface area contributed by atoms with Crippen LogP contribution in [0.1, 0.15) is 77.0 Å². The predicted molar refractivity (Wildman–Crippen MR) is 115 cm³/mol. The maximum absolute atomic E-state index is 10.9. The Hall–Kier alpha value is 0.439. The first-order valence-corrected chi connectivity index (χ1v) is 17.0. The molecule has 0 N–H and O–H groups in total. The van der Waals surface area contributed by atoms with E-state index in [0.29, 0.717) is 24.3 Å². The van der Waals surface area contributed by atoms with Crippen LogP contribution >= 0.6 is 25.3 Å². The fraction of sp³-hybridized carbons (Fsp3) is 0.900. The second-order valence-corrected chi connectivity index (χ2v) is 11.5. The van der Waals surface area contributed by atoms with Gasteiger partial charge in [0, 0.05) is 22.8 Å². The molecule has 2 aliphatic carbocycles. The molecular weight excluding hydrogens is 487 g/mol. The van der Waals surface area contributed by atoms with E-state index in [4.69, 9.17) is 0 Å². The number of carboxylic acid groups (broad SMARTS) is 2. The predicted octanol–water partition coefficient (Wildman–Crippen LogP) is 2.80. The number of hydrogen-bond donors (Lipinski definition) is 2. The Labute approximate surface area is 186 Å². The van der Waals surface area contributed by atoms with E-state index in [1.54, 1.807) is 0 Å². The molecule has 0 amide bonds. The van der Waals surface area contributed by atoms with Crippen LogP contribution in [0.25, 0.3) is 0 Å². The van der Waals surface area contributed by atoms with Gasteiger partial charge in [-0.15, -0.1) is 0 Å². The Kier molecular flexibility index (Phi) is 15.6. The number of rotatable bonds is 6. The van der Waals surface area contributed by atoms with Gasteiger partial charge in [0.25, 0.3) is 0 Å². The van der Waals surface area contributed by atoms with Crippen LogP contribution in [0.4, 0.5) is 0 Å². The molecule has 0 spiro atoms. The molecule has 2 rings (SSSR count). The van der Waals surface area contributed by atoms with Crippen molar-refractivity contribution >= 4 is 58.3 Å². The van der Waals surface area contributed by atoms with E-state index in [0.717, 1.165) is 51.4 Å². The average molecular weight is 523 g/mol. The topological polar surface area (TPSA) is 80.3 Å². The standard InChI is InChI=1S/2C9H16O2S.2CH3.Sn/c2*10-8(11)9(6-7-12)4-2-1-3-5-9;;;/h2*12H,1-7H2,(H,10,11);2*1H3;/q;;;;+2/p-2. The van der Waals surface area contributed by atoms with Gasteiger partial charge in [-0.2, -0.15) is 25.3 Å². The van der Waals surface area contributed by atoms with E-state index in [1.807, 2.05) is 0 Å². The first-order chi connectivity index (χ1) is 12.8. The van der Waals surface area contributed by atoms with Gasteiger partial charge in [0.05, 0.1) is 0 Å². The van der Waals surface area contributed by atoms with E-state index in [1.165, 1.54) is 12.8 Å². The van der Waals surface area contributed by atoms with Crippen LogP contribution in [0.2, 0.25) is 9.88 Å². The van der Waals surface area contributed by atoms with Crippen LogP contribution in [0.5, 0.6) is 0 Å². The number of thiol groups is 2. The summed E-state index contributed by atoms with van der Waals surface area (Å²) < 4.78 is 0. The summed E-state index contributed by atoms with van der Waals surface area (Å²) in [5.74, 6) is -0.436. The van der Waals surface area contributed by atoms with Gasteiger partial charge in [0.2, 0.25) is 0 Å². The third-order valence-corrected chi connectivity index (χ3v) is 6.12. The molecule has 2 saturated carbocycles. The third kappa shape index (κ3) is 9.66. The van der Waals surface area contributed by atoms with Gasteiger partial charge in [-0.3, -0.25) is 0 Å². The van der Waals surface area contributed by atoms with Crippen LogP contribution in [-0.2, 0) is 9.59 Å². The van der Waals surface area contributed by atoms with Crippen LogP contribution < -0.4 is 10.2 Å². The molecule has 2 aliphatic rings. The molecule has 0 unspecified atom stereocenters. The molecule has 0 aromatic carbocycles. The van der Waals surface area contributed by atoms with Crippen molar-refractivity contribution in [2.24, 2.45) is 10.8 Å². The molecule has 0 radical (unpaired) electrons. The minimum absolute atomic E-state index is 0.230. The summed E-state index contributed by atoms with van der Waals surface area (Å²) in [5.41, 5.74) is -1.08. The Balaban J connectivity index is 0.000000438. The second kappa shape index (κ2) is 15.3. The summed E-state index contributed by atoms with van der Waals surface area (Å²) >= 11 is 8.41. The zero-order valence-corrected chi connectivity index (χ0v) is 21.6. The van der Waals surface area contributed by atoms with E-state index in [9.17, 15) is 19.8 Å². The summed E-state index contributed by atoms with van der Waals surface area (Å²) in [5, 5.41) is 21.8. The minimum atomic E-state index is -0.865. The van der Waals surface area contributed by atoms with E-state index in [-0.39, 0.29) is 21.1 Å². The van der Waals surface area contributed by atoms with Crippen molar-refractivity contribution in [2.75, 3.05) is 11.5 Å². The van der Waals surface area contributed by atoms with Gasteiger partial charge in [0.15, 0.2) is 0 Å². The molecule has 156 valence electrons. The molecule has 4 nitrogen and oxygen atoms in total. The normalized spacial score (nSPS) is 20.0. The maximum atomic E-state index is 10.9. The summed E-state index contributed by atoms with van der Waals surface area (Å²) in [6.45, 7) is 0. The number of carbonyl (C=O) groups excluding carboxylic acids is 2. The Morgan fingerprint density at radius 1 is 0.741 bits per heavy atom. The van der Waals surface area contributed by atoms with Crippen molar-refractivity contribution in [2.45, 2.75) is 86.9 Å². The van der Waals surface area contributed by atoms with Crippen molar-refractivity contribution < 1.29 is 19.8 Å². The van der Waals surface area contributed by atoms with Crippen LogP contribution in [0, 0.1) is 10.8 Å². The first-order valence-electron chi connectivity index (χ1n) is 10.1. The molecule has 0 aromatic heterocycles. The van der Waals surface area contributed by atoms with E-state index in [2.05, 4.69) is 35.1 Å². The van der Waals surface area contributed by atoms with Crippen LogP contribution in [0.15, 0.2) is 0 Å². The van der Waals surface area contributed by atoms with E-state index >= 15 is 0 Å². The SMILES string of the molecule is O=C([O-])C1(CCS)CCCCC1.O=C([O-])C1(CCS)CCCCC1.[CH3][Sn+2][CH3]. The van der Waals surface area contributed by atoms with E-state index < -0.39 is 22.8 Å². The van der Waals surface area contributed by atoms with Crippen molar-refractivity contribution in [3.8, 4) is 0 Å². The molecule has 0 atom stereocenters. The van der Waals surface area contributed by atoms with Crippen molar-refractivity contribution in [3.63, 3.8) is 0 Å². The van der Waals surface area contributed by atoms with Gasteiger partial charge in [-0.05, 0) is 50.0 Å². The monoisotopic (exact) mass is 524 g/mol. The molecule has 0 bridgehead atoms. The fourth-order valence-corrected chi connectivity index (χ4v) is 4.85. The van der Waals surface area contributed by atoms with Gasteiger partial charge in [0.1, 0.15) is 0 Å². The number of carbonyl (C=O) groups is 2. The Morgan fingerprint density at radius 2 is 1.00 bits per heavy atom.